The smallest absolute Gasteiger partial charge is 0.357 e. The van der Waals surface area contributed by atoms with Gasteiger partial charge in [0.1, 0.15) is 6.04 Å². The van der Waals surface area contributed by atoms with Crippen molar-refractivity contribution in [3.05, 3.63) is 35.9 Å². The summed E-state index contributed by atoms with van der Waals surface area (Å²) in [6.07, 6.45) is 0.182. The van der Waals surface area contributed by atoms with Gasteiger partial charge in [-0.05, 0) is 18.6 Å². The van der Waals surface area contributed by atoms with Crippen LogP contribution in [0.3, 0.4) is 0 Å². The Labute approximate surface area is 127 Å². The van der Waals surface area contributed by atoms with Gasteiger partial charge in [-0.15, -0.1) is 5.06 Å². The summed E-state index contributed by atoms with van der Waals surface area (Å²) in [6, 6.07) is 7.57. The quantitative estimate of drug-likeness (QED) is 0.761. The third-order valence-corrected chi connectivity index (χ3v) is 3.47. The highest BCUT2D eigenvalue weighted by Gasteiger charge is 2.43. The number of benzene rings is 1. The first kappa shape index (κ1) is 16.0. The standard InChI is InChI=1S/C15H17NO6/c1-20-13(17)11-8-12(15(19)21-2)16(9-11)22-14(18)10-6-4-3-5-7-10/h3-7,11-12H,8-9H2,1-2H3/t11-,12-/m0/s1. The highest BCUT2D eigenvalue weighted by Crippen LogP contribution is 2.26. The van der Waals surface area contributed by atoms with Crippen molar-refractivity contribution < 1.29 is 28.7 Å². The van der Waals surface area contributed by atoms with Crippen LogP contribution in [0.1, 0.15) is 16.8 Å². The fourth-order valence-corrected chi connectivity index (χ4v) is 2.33. The molecule has 0 saturated carbocycles. The molecule has 1 aliphatic heterocycles. The first-order valence-corrected chi connectivity index (χ1v) is 6.76. The molecule has 0 aromatic heterocycles. The molecule has 2 rings (SSSR count). The van der Waals surface area contributed by atoms with Crippen LogP contribution in [0, 0.1) is 5.92 Å². The number of carbonyl (C=O) groups is 3. The summed E-state index contributed by atoms with van der Waals surface area (Å²) in [7, 11) is 2.51. The van der Waals surface area contributed by atoms with E-state index in [2.05, 4.69) is 9.47 Å². The predicted octanol–water partition coefficient (Wildman–Crippen LogP) is 0.795. The molecule has 7 heteroatoms. The number of methoxy groups -OCH3 is 2. The largest absolute Gasteiger partial charge is 0.469 e. The predicted molar refractivity (Wildman–Crippen MR) is 74.5 cm³/mol. The van der Waals surface area contributed by atoms with Crippen molar-refractivity contribution in [2.45, 2.75) is 12.5 Å². The van der Waals surface area contributed by atoms with Crippen molar-refractivity contribution in [1.29, 1.82) is 0 Å². The average Bonchev–Trinajstić information content (AvgIpc) is 2.98. The number of esters is 2. The highest BCUT2D eigenvalue weighted by molar-refractivity contribution is 5.89. The Morgan fingerprint density at radius 1 is 1.05 bits per heavy atom. The molecule has 0 radical (unpaired) electrons. The van der Waals surface area contributed by atoms with Gasteiger partial charge in [-0.1, -0.05) is 18.2 Å². The van der Waals surface area contributed by atoms with E-state index in [1.807, 2.05) is 0 Å². The van der Waals surface area contributed by atoms with Gasteiger partial charge in [0.2, 0.25) is 0 Å². The summed E-state index contributed by atoms with van der Waals surface area (Å²) in [5.41, 5.74) is 0.354. The van der Waals surface area contributed by atoms with Gasteiger partial charge in [-0.3, -0.25) is 9.59 Å². The molecular formula is C15H17NO6. The minimum Gasteiger partial charge on any atom is -0.469 e. The summed E-state index contributed by atoms with van der Waals surface area (Å²) in [5.74, 6) is -2.16. The Bertz CT molecular complexity index is 558. The monoisotopic (exact) mass is 307 g/mol. The number of carbonyl (C=O) groups excluding carboxylic acids is 3. The summed E-state index contributed by atoms with van der Waals surface area (Å²) in [5, 5.41) is 1.18. The third kappa shape index (κ3) is 3.43. The molecule has 1 saturated heterocycles. The molecule has 0 bridgehead atoms. The van der Waals surface area contributed by atoms with E-state index < -0.39 is 29.9 Å². The van der Waals surface area contributed by atoms with Crippen molar-refractivity contribution >= 4 is 17.9 Å². The molecule has 1 aliphatic rings. The number of rotatable bonds is 4. The second-order valence-corrected chi connectivity index (χ2v) is 4.84. The highest BCUT2D eigenvalue weighted by atomic mass is 16.7. The van der Waals surface area contributed by atoms with Gasteiger partial charge in [0.15, 0.2) is 0 Å². The van der Waals surface area contributed by atoms with Crippen LogP contribution in [0.25, 0.3) is 0 Å². The molecule has 1 heterocycles. The van der Waals surface area contributed by atoms with Crippen LogP contribution in [0.5, 0.6) is 0 Å². The number of ether oxygens (including phenoxy) is 2. The first-order valence-electron chi connectivity index (χ1n) is 6.76. The van der Waals surface area contributed by atoms with Crippen molar-refractivity contribution in [3.8, 4) is 0 Å². The van der Waals surface area contributed by atoms with E-state index in [0.29, 0.717) is 5.56 Å². The van der Waals surface area contributed by atoms with Gasteiger partial charge in [0, 0.05) is 6.54 Å². The zero-order valence-corrected chi connectivity index (χ0v) is 12.4. The zero-order chi connectivity index (χ0) is 16.1. The van der Waals surface area contributed by atoms with Gasteiger partial charge >= 0.3 is 17.9 Å². The average molecular weight is 307 g/mol. The van der Waals surface area contributed by atoms with Crippen LogP contribution in [0.4, 0.5) is 0 Å². The Kier molecular flexibility index (Phi) is 5.11. The van der Waals surface area contributed by atoms with Gasteiger partial charge in [0.05, 0.1) is 25.7 Å². The molecule has 7 nitrogen and oxygen atoms in total. The Hall–Kier alpha value is -2.41. The van der Waals surface area contributed by atoms with Crippen molar-refractivity contribution in [3.63, 3.8) is 0 Å². The maximum atomic E-state index is 12.1. The summed E-state index contributed by atoms with van der Waals surface area (Å²) in [4.78, 5) is 40.7. The van der Waals surface area contributed by atoms with Gasteiger partial charge in [0.25, 0.3) is 0 Å². The molecule has 0 N–H and O–H groups in total. The third-order valence-electron chi connectivity index (χ3n) is 3.47. The Balaban J connectivity index is 2.10. The maximum Gasteiger partial charge on any atom is 0.357 e. The lowest BCUT2D eigenvalue weighted by Crippen LogP contribution is -2.38. The summed E-state index contributed by atoms with van der Waals surface area (Å²) >= 11 is 0. The lowest BCUT2D eigenvalue weighted by Gasteiger charge is -2.20. The van der Waals surface area contributed by atoms with E-state index in [1.54, 1.807) is 30.3 Å². The molecule has 118 valence electrons. The van der Waals surface area contributed by atoms with Crippen LogP contribution in [0.2, 0.25) is 0 Å². The lowest BCUT2D eigenvalue weighted by atomic mass is 10.1. The van der Waals surface area contributed by atoms with Gasteiger partial charge in [-0.2, -0.15) is 0 Å². The second-order valence-electron chi connectivity index (χ2n) is 4.84. The molecule has 2 atom stereocenters. The molecule has 0 spiro atoms. The van der Waals surface area contributed by atoms with E-state index in [9.17, 15) is 14.4 Å². The fourth-order valence-electron chi connectivity index (χ4n) is 2.33. The fraction of sp³-hybridized carbons (Fsp3) is 0.400. The molecule has 1 aromatic carbocycles. The number of nitrogens with zero attached hydrogens (tertiary/aromatic N) is 1. The minimum absolute atomic E-state index is 0.0883. The second kappa shape index (κ2) is 7.04. The van der Waals surface area contributed by atoms with E-state index in [-0.39, 0.29) is 13.0 Å². The van der Waals surface area contributed by atoms with Crippen LogP contribution in [-0.2, 0) is 23.9 Å². The minimum atomic E-state index is -0.818. The lowest BCUT2D eigenvalue weighted by molar-refractivity contribution is -0.167. The van der Waals surface area contributed by atoms with Crippen molar-refractivity contribution in [2.24, 2.45) is 5.92 Å². The molecule has 0 amide bonds. The van der Waals surface area contributed by atoms with E-state index in [0.717, 1.165) is 0 Å². The van der Waals surface area contributed by atoms with Crippen molar-refractivity contribution in [1.82, 2.24) is 5.06 Å². The SMILES string of the molecule is COC(=O)[C@H]1C[C@@H](C(=O)OC)N(OC(=O)c2ccccc2)C1. The molecule has 1 fully saturated rings. The molecule has 1 aromatic rings. The van der Waals surface area contributed by atoms with Gasteiger partial charge in [-0.25, -0.2) is 4.79 Å². The first-order chi connectivity index (χ1) is 10.6. The summed E-state index contributed by atoms with van der Waals surface area (Å²) in [6.45, 7) is 0.0883. The molecular weight excluding hydrogens is 290 g/mol. The van der Waals surface area contributed by atoms with Gasteiger partial charge < -0.3 is 14.3 Å². The van der Waals surface area contributed by atoms with E-state index in [1.165, 1.54) is 19.3 Å². The zero-order valence-electron chi connectivity index (χ0n) is 12.4. The van der Waals surface area contributed by atoms with Crippen LogP contribution in [-0.4, -0.2) is 49.8 Å². The van der Waals surface area contributed by atoms with Crippen LogP contribution in [0.15, 0.2) is 30.3 Å². The summed E-state index contributed by atoms with van der Waals surface area (Å²) < 4.78 is 9.36. The molecule has 22 heavy (non-hydrogen) atoms. The number of hydrogen-bond acceptors (Lipinski definition) is 7. The van der Waals surface area contributed by atoms with Crippen molar-refractivity contribution in [2.75, 3.05) is 20.8 Å². The van der Waals surface area contributed by atoms with E-state index >= 15 is 0 Å². The van der Waals surface area contributed by atoms with E-state index in [4.69, 9.17) is 4.84 Å². The maximum absolute atomic E-state index is 12.1. The normalized spacial score (nSPS) is 21.2. The molecule has 0 unspecified atom stereocenters. The Morgan fingerprint density at radius 3 is 2.27 bits per heavy atom. The number of hydrogen-bond donors (Lipinski definition) is 0. The Morgan fingerprint density at radius 2 is 1.68 bits per heavy atom. The van der Waals surface area contributed by atoms with Crippen LogP contribution >= 0.6 is 0 Å². The topological polar surface area (TPSA) is 82.1 Å². The number of hydroxylamine groups is 2. The molecule has 0 aliphatic carbocycles. The van der Waals surface area contributed by atoms with Crippen LogP contribution < -0.4 is 0 Å².